The Morgan fingerprint density at radius 2 is 1.66 bits per heavy atom. The molecule has 2 amide bonds. The van der Waals surface area contributed by atoms with Crippen LogP contribution in [0, 0.1) is 0 Å². The zero-order chi connectivity index (χ0) is 23.0. The summed E-state index contributed by atoms with van der Waals surface area (Å²) >= 11 is 0. The molecule has 0 aliphatic rings. The first-order valence-electron chi connectivity index (χ1n) is 10.3. The predicted octanol–water partition coefficient (Wildman–Crippen LogP) is 3.89. The molecule has 1 aromatic heterocycles. The Kier molecular flexibility index (Phi) is 7.44. The molecular weight excluding hydrogens is 406 g/mol. The van der Waals surface area contributed by atoms with E-state index >= 15 is 0 Å². The van der Waals surface area contributed by atoms with Gasteiger partial charge < -0.3 is 20.5 Å². The molecule has 0 saturated heterocycles. The molecule has 2 aromatic carbocycles. The lowest BCUT2D eigenvalue weighted by atomic mass is 9.91. The van der Waals surface area contributed by atoms with Gasteiger partial charge in [0.15, 0.2) is 0 Å². The van der Waals surface area contributed by atoms with Gasteiger partial charge in [0.25, 0.3) is 0 Å². The average Bonchev–Trinajstić information content (AvgIpc) is 2.80. The summed E-state index contributed by atoms with van der Waals surface area (Å²) in [5, 5.41) is 15.3. The first-order valence-corrected chi connectivity index (χ1v) is 10.3. The van der Waals surface area contributed by atoms with Crippen LogP contribution >= 0.6 is 0 Å². The third-order valence-electron chi connectivity index (χ3n) is 5.14. The molecule has 0 bridgehead atoms. The number of benzene rings is 2. The Hall–Kier alpha value is -3.87. The first kappa shape index (κ1) is 22.8. The highest BCUT2D eigenvalue weighted by Gasteiger charge is 2.36. The molecule has 2 atom stereocenters. The number of aromatic hydroxyl groups is 1. The van der Waals surface area contributed by atoms with Crippen LogP contribution in [0.1, 0.15) is 36.6 Å². The standard InChI is InChI=1S/C25H27N3O4/c1-18(21-6-4-3-5-7-21)27-23(30)25(2,16-19-8-10-22(29)11-9-19)28-24(31)32-17-20-12-14-26-15-13-20/h3-15,18,29H,16-17H2,1-2H3,(H,27,30)(H,28,31)/t18-,25-/m0/s1. The molecule has 0 radical (unpaired) electrons. The van der Waals surface area contributed by atoms with Crippen LogP contribution in [0.3, 0.4) is 0 Å². The lowest BCUT2D eigenvalue weighted by Gasteiger charge is -2.31. The first-order chi connectivity index (χ1) is 15.4. The average molecular weight is 434 g/mol. The number of carbonyl (C=O) groups is 2. The van der Waals surface area contributed by atoms with E-state index in [0.29, 0.717) is 0 Å². The number of phenolic OH excluding ortho intramolecular Hbond substituents is 1. The van der Waals surface area contributed by atoms with Crippen LogP contribution in [0.25, 0.3) is 0 Å². The van der Waals surface area contributed by atoms with Crippen molar-refractivity contribution in [3.05, 3.63) is 95.8 Å². The number of nitrogens with zero attached hydrogens (tertiary/aromatic N) is 1. The van der Waals surface area contributed by atoms with Crippen LogP contribution in [0.4, 0.5) is 4.79 Å². The van der Waals surface area contributed by atoms with E-state index in [1.165, 1.54) is 0 Å². The Morgan fingerprint density at radius 1 is 1.00 bits per heavy atom. The van der Waals surface area contributed by atoms with Crippen molar-refractivity contribution in [2.45, 2.75) is 38.5 Å². The molecule has 166 valence electrons. The molecule has 0 fully saturated rings. The molecule has 3 aromatic rings. The lowest BCUT2D eigenvalue weighted by molar-refractivity contribution is -0.127. The number of amides is 2. The van der Waals surface area contributed by atoms with Crippen LogP contribution in [-0.4, -0.2) is 27.6 Å². The van der Waals surface area contributed by atoms with Crippen molar-refractivity contribution in [2.75, 3.05) is 0 Å². The molecule has 1 heterocycles. The highest BCUT2D eigenvalue weighted by molar-refractivity contribution is 5.90. The van der Waals surface area contributed by atoms with E-state index in [9.17, 15) is 14.7 Å². The Bertz CT molecular complexity index is 1030. The van der Waals surface area contributed by atoms with Gasteiger partial charge in [-0.1, -0.05) is 42.5 Å². The fourth-order valence-electron chi connectivity index (χ4n) is 3.27. The van der Waals surface area contributed by atoms with E-state index in [1.54, 1.807) is 55.7 Å². The molecular formula is C25H27N3O4. The second-order valence-electron chi connectivity index (χ2n) is 7.84. The van der Waals surface area contributed by atoms with Gasteiger partial charge in [-0.25, -0.2) is 4.79 Å². The SMILES string of the molecule is C[C@H](NC(=O)[C@](C)(Cc1ccc(O)cc1)NC(=O)OCc1ccncc1)c1ccccc1. The minimum atomic E-state index is -1.28. The van der Waals surface area contributed by atoms with Crippen molar-refractivity contribution in [1.29, 1.82) is 0 Å². The van der Waals surface area contributed by atoms with Gasteiger partial charge in [-0.3, -0.25) is 9.78 Å². The van der Waals surface area contributed by atoms with Gasteiger partial charge in [0.2, 0.25) is 5.91 Å². The number of alkyl carbamates (subject to hydrolysis) is 1. The molecule has 0 saturated carbocycles. The van der Waals surface area contributed by atoms with E-state index in [-0.39, 0.29) is 30.7 Å². The van der Waals surface area contributed by atoms with Crippen LogP contribution < -0.4 is 10.6 Å². The van der Waals surface area contributed by atoms with Gasteiger partial charge in [0.1, 0.15) is 17.9 Å². The van der Waals surface area contributed by atoms with Crippen LogP contribution in [0.2, 0.25) is 0 Å². The van der Waals surface area contributed by atoms with Crippen molar-refractivity contribution in [2.24, 2.45) is 0 Å². The van der Waals surface area contributed by atoms with E-state index in [1.807, 2.05) is 37.3 Å². The number of rotatable bonds is 8. The smallest absolute Gasteiger partial charge is 0.408 e. The number of ether oxygens (including phenoxy) is 1. The van der Waals surface area contributed by atoms with Gasteiger partial charge in [-0.2, -0.15) is 0 Å². The maximum Gasteiger partial charge on any atom is 0.408 e. The van der Waals surface area contributed by atoms with E-state index in [2.05, 4.69) is 15.6 Å². The second-order valence-corrected chi connectivity index (χ2v) is 7.84. The van der Waals surface area contributed by atoms with E-state index < -0.39 is 11.6 Å². The van der Waals surface area contributed by atoms with Crippen molar-refractivity contribution in [1.82, 2.24) is 15.6 Å². The second kappa shape index (κ2) is 10.4. The molecule has 7 heteroatoms. The summed E-state index contributed by atoms with van der Waals surface area (Å²) in [6.45, 7) is 3.60. The van der Waals surface area contributed by atoms with Crippen molar-refractivity contribution in [3.63, 3.8) is 0 Å². The van der Waals surface area contributed by atoms with Crippen LogP contribution in [-0.2, 0) is 22.6 Å². The summed E-state index contributed by atoms with van der Waals surface area (Å²) in [6, 6.07) is 19.3. The van der Waals surface area contributed by atoms with Gasteiger partial charge in [-0.05, 0) is 54.8 Å². The summed E-state index contributed by atoms with van der Waals surface area (Å²) in [7, 11) is 0. The maximum absolute atomic E-state index is 13.3. The largest absolute Gasteiger partial charge is 0.508 e. The third kappa shape index (κ3) is 6.31. The fraction of sp³-hybridized carbons (Fsp3) is 0.240. The number of hydrogen-bond donors (Lipinski definition) is 3. The van der Waals surface area contributed by atoms with Gasteiger partial charge in [0, 0.05) is 18.8 Å². The number of carbonyl (C=O) groups excluding carboxylic acids is 2. The Balaban J connectivity index is 1.74. The summed E-state index contributed by atoms with van der Waals surface area (Å²) in [4.78, 5) is 29.8. The molecule has 32 heavy (non-hydrogen) atoms. The minimum absolute atomic E-state index is 0.0612. The molecule has 3 N–H and O–H groups in total. The quantitative estimate of drug-likeness (QED) is 0.500. The number of nitrogens with one attached hydrogen (secondary N) is 2. The Morgan fingerprint density at radius 3 is 2.31 bits per heavy atom. The van der Waals surface area contributed by atoms with E-state index in [0.717, 1.165) is 16.7 Å². The normalized spacial score (nSPS) is 13.4. The topological polar surface area (TPSA) is 101 Å². The summed E-state index contributed by atoms with van der Waals surface area (Å²) in [6.07, 6.45) is 2.74. The van der Waals surface area contributed by atoms with Gasteiger partial charge >= 0.3 is 6.09 Å². The number of hydrogen-bond acceptors (Lipinski definition) is 5. The number of phenols is 1. The van der Waals surface area contributed by atoms with Crippen LogP contribution in [0.15, 0.2) is 79.1 Å². The summed E-state index contributed by atoms with van der Waals surface area (Å²) < 4.78 is 5.32. The fourth-order valence-corrected chi connectivity index (χ4v) is 3.27. The highest BCUT2D eigenvalue weighted by Crippen LogP contribution is 2.20. The monoisotopic (exact) mass is 433 g/mol. The molecule has 3 rings (SSSR count). The molecule has 0 aliphatic carbocycles. The third-order valence-corrected chi connectivity index (χ3v) is 5.14. The van der Waals surface area contributed by atoms with E-state index in [4.69, 9.17) is 4.74 Å². The highest BCUT2D eigenvalue weighted by atomic mass is 16.5. The van der Waals surface area contributed by atoms with Crippen molar-refractivity contribution >= 4 is 12.0 Å². The van der Waals surface area contributed by atoms with Gasteiger partial charge in [0.05, 0.1) is 6.04 Å². The summed E-state index contributed by atoms with van der Waals surface area (Å²) in [5.41, 5.74) is 1.24. The Labute approximate surface area is 187 Å². The predicted molar refractivity (Wildman–Crippen MR) is 121 cm³/mol. The van der Waals surface area contributed by atoms with Gasteiger partial charge in [-0.15, -0.1) is 0 Å². The maximum atomic E-state index is 13.3. The molecule has 7 nitrogen and oxygen atoms in total. The number of aromatic nitrogens is 1. The van der Waals surface area contributed by atoms with Crippen molar-refractivity contribution in [3.8, 4) is 5.75 Å². The molecule has 0 aliphatic heterocycles. The zero-order valence-corrected chi connectivity index (χ0v) is 18.1. The zero-order valence-electron chi connectivity index (χ0n) is 18.1. The molecule has 0 unspecified atom stereocenters. The summed E-state index contributed by atoms with van der Waals surface area (Å²) in [5.74, 6) is -0.217. The lowest BCUT2D eigenvalue weighted by Crippen LogP contribution is -2.58. The molecule has 0 spiro atoms. The minimum Gasteiger partial charge on any atom is -0.508 e. The number of pyridine rings is 1. The van der Waals surface area contributed by atoms with Crippen molar-refractivity contribution < 1.29 is 19.4 Å². The van der Waals surface area contributed by atoms with Crippen LogP contribution in [0.5, 0.6) is 5.75 Å².